The zero-order valence-corrected chi connectivity index (χ0v) is 14.8. The van der Waals surface area contributed by atoms with Gasteiger partial charge >= 0.3 is 0 Å². The second-order valence-corrected chi connectivity index (χ2v) is 3.48. The maximum atomic E-state index is 9.33. The van der Waals surface area contributed by atoms with Crippen LogP contribution >= 0.6 is 0 Å². The lowest BCUT2D eigenvalue weighted by atomic mass is 9.89. The summed E-state index contributed by atoms with van der Waals surface area (Å²) in [5.74, 6) is -0.463. The van der Waals surface area contributed by atoms with Crippen LogP contribution in [0.15, 0.2) is 73.9 Å². The van der Waals surface area contributed by atoms with E-state index in [1.165, 1.54) is 0 Å². The molecule has 2 atom stereocenters. The molecule has 22 heavy (non-hydrogen) atoms. The van der Waals surface area contributed by atoms with Crippen molar-refractivity contribution in [1.82, 2.24) is 0 Å². The van der Waals surface area contributed by atoms with Gasteiger partial charge in [-0.3, -0.25) is 0 Å². The molecule has 122 valence electrons. The molecule has 0 aromatic carbocycles. The lowest BCUT2D eigenvalue weighted by Crippen LogP contribution is -2.24. The van der Waals surface area contributed by atoms with Gasteiger partial charge in [-0.25, -0.2) is 0 Å². The van der Waals surface area contributed by atoms with Crippen LogP contribution in [0, 0.1) is 17.2 Å². The van der Waals surface area contributed by atoms with Gasteiger partial charge in [0.2, 0.25) is 0 Å². The van der Waals surface area contributed by atoms with Crippen molar-refractivity contribution in [1.29, 1.82) is 5.26 Å². The highest BCUT2D eigenvalue weighted by Gasteiger charge is 2.25. The van der Waals surface area contributed by atoms with Crippen LogP contribution in [0.1, 0.15) is 27.7 Å². The number of methoxy groups -OCH3 is 1. The van der Waals surface area contributed by atoms with Crippen molar-refractivity contribution in [2.24, 2.45) is 5.92 Å². The predicted octanol–water partition coefficient (Wildman–Crippen LogP) is 5.79. The normalized spacial score (nSPS) is 12.9. The van der Waals surface area contributed by atoms with Crippen LogP contribution in [0.4, 0.5) is 0 Å². The van der Waals surface area contributed by atoms with E-state index in [0.29, 0.717) is 0 Å². The van der Waals surface area contributed by atoms with Crippen molar-refractivity contribution >= 4 is 0 Å². The Bertz CT molecular complexity index is 421. The third-order valence-corrected chi connectivity index (χ3v) is 2.48. The van der Waals surface area contributed by atoms with Gasteiger partial charge in [0.05, 0.1) is 6.07 Å². The van der Waals surface area contributed by atoms with Crippen LogP contribution in [0.25, 0.3) is 0 Å². The molecule has 0 fully saturated rings. The Morgan fingerprint density at radius 1 is 0.909 bits per heavy atom. The molecule has 0 bridgehead atoms. The Labute approximate surface area is 137 Å². The van der Waals surface area contributed by atoms with E-state index in [9.17, 15) is 5.26 Å². The van der Waals surface area contributed by atoms with E-state index in [-0.39, 0.29) is 0 Å². The number of rotatable bonds is 8. The third kappa shape index (κ3) is 8.94. The number of nitrogens with zero attached hydrogens (tertiary/aromatic N) is 1. The highest BCUT2D eigenvalue weighted by molar-refractivity contribution is 5.36. The van der Waals surface area contributed by atoms with Crippen LogP contribution in [0.5, 0.6) is 0 Å². The van der Waals surface area contributed by atoms with Crippen LogP contribution in [-0.4, -0.2) is 13.2 Å². The van der Waals surface area contributed by atoms with E-state index in [0.717, 1.165) is 11.1 Å². The van der Waals surface area contributed by atoms with Gasteiger partial charge in [-0.2, -0.15) is 5.26 Å². The Hall–Kier alpha value is -2.11. The molecular weight excluding hydrogens is 270 g/mol. The molecule has 2 unspecified atom stereocenters. The van der Waals surface area contributed by atoms with Crippen molar-refractivity contribution in [2.45, 2.75) is 33.8 Å². The monoisotopic (exact) mass is 301 g/mol. The van der Waals surface area contributed by atoms with Gasteiger partial charge in [0.1, 0.15) is 12.0 Å². The van der Waals surface area contributed by atoms with Gasteiger partial charge in [0.15, 0.2) is 0 Å². The minimum absolute atomic E-state index is 0.408. The average molecular weight is 301 g/mol. The number of nitriles is 1. The van der Waals surface area contributed by atoms with Crippen LogP contribution in [0.2, 0.25) is 0 Å². The van der Waals surface area contributed by atoms with Gasteiger partial charge in [0.25, 0.3) is 0 Å². The summed E-state index contributed by atoms with van der Waals surface area (Å²) in [7, 11) is 1.56. The molecule has 0 rings (SSSR count). The molecule has 0 aliphatic carbocycles. The van der Waals surface area contributed by atoms with E-state index in [2.05, 4.69) is 32.4 Å². The van der Waals surface area contributed by atoms with E-state index < -0.39 is 12.0 Å². The minimum Gasteiger partial charge on any atom is -0.375 e. The van der Waals surface area contributed by atoms with Crippen molar-refractivity contribution in [3.63, 3.8) is 0 Å². The quantitative estimate of drug-likeness (QED) is 0.531. The van der Waals surface area contributed by atoms with E-state index >= 15 is 0 Å². The summed E-state index contributed by atoms with van der Waals surface area (Å²) in [5, 5.41) is 9.33. The Morgan fingerprint density at radius 2 is 1.32 bits per heavy atom. The average Bonchev–Trinajstić information content (AvgIpc) is 2.60. The van der Waals surface area contributed by atoms with Crippen molar-refractivity contribution in [3.8, 4) is 6.07 Å². The van der Waals surface area contributed by atoms with Crippen LogP contribution in [-0.2, 0) is 4.74 Å². The van der Waals surface area contributed by atoms with E-state index in [1.54, 1.807) is 43.6 Å². The first-order valence-electron chi connectivity index (χ1n) is 7.52. The molecule has 0 N–H and O–H groups in total. The fourth-order valence-corrected chi connectivity index (χ4v) is 1.63. The maximum absolute atomic E-state index is 9.33. The number of hydrogen-bond acceptors (Lipinski definition) is 2. The Balaban J connectivity index is -0.000000826. The summed E-state index contributed by atoms with van der Waals surface area (Å²) >= 11 is 0. The van der Waals surface area contributed by atoms with Gasteiger partial charge in [-0.1, -0.05) is 90.5 Å². The fourth-order valence-electron chi connectivity index (χ4n) is 1.63. The molecule has 0 aromatic rings. The summed E-state index contributed by atoms with van der Waals surface area (Å²) < 4.78 is 5.41. The number of hydrogen-bond donors (Lipinski definition) is 0. The molecule has 2 heteroatoms. The first-order valence-corrected chi connectivity index (χ1v) is 7.52. The lowest BCUT2D eigenvalue weighted by molar-refractivity contribution is 0.114. The second kappa shape index (κ2) is 18.9. The van der Waals surface area contributed by atoms with Gasteiger partial charge < -0.3 is 4.74 Å². The third-order valence-electron chi connectivity index (χ3n) is 2.48. The minimum atomic E-state index is -0.463. The highest BCUT2D eigenvalue weighted by Crippen LogP contribution is 2.24. The standard InChI is InChI=1S/C16H19NO.2C2H6/c1-6-10-13(8-3)15(12-17)16(18-5)14(9-4)11-7-2;2*1-2/h6-11,15-16H,1-4H2,5H3;2*1-2H3/b13-10+,14-11+;;. The number of ether oxygens (including phenoxy) is 1. The second-order valence-electron chi connectivity index (χ2n) is 3.48. The highest BCUT2D eigenvalue weighted by atomic mass is 16.5. The van der Waals surface area contributed by atoms with E-state index in [1.807, 2.05) is 27.7 Å². The summed E-state index contributed by atoms with van der Waals surface area (Å²) in [6.45, 7) is 22.7. The zero-order valence-electron chi connectivity index (χ0n) is 14.8. The molecule has 0 aromatic heterocycles. The van der Waals surface area contributed by atoms with Crippen LogP contribution < -0.4 is 0 Å². The summed E-state index contributed by atoms with van der Waals surface area (Å²) in [6, 6.07) is 2.23. The van der Waals surface area contributed by atoms with Crippen LogP contribution in [0.3, 0.4) is 0 Å². The van der Waals surface area contributed by atoms with Gasteiger partial charge in [-0.15, -0.1) is 0 Å². The summed E-state index contributed by atoms with van der Waals surface area (Å²) in [6.07, 6.45) is 9.68. The predicted molar refractivity (Wildman–Crippen MR) is 99.6 cm³/mol. The van der Waals surface area contributed by atoms with E-state index in [4.69, 9.17) is 4.74 Å². The molecule has 0 saturated heterocycles. The molecule has 2 nitrogen and oxygen atoms in total. The van der Waals surface area contributed by atoms with Crippen molar-refractivity contribution in [3.05, 3.63) is 73.9 Å². The maximum Gasteiger partial charge on any atom is 0.102 e. The van der Waals surface area contributed by atoms with Gasteiger partial charge in [-0.05, 0) is 11.1 Å². The first kappa shape index (κ1) is 24.9. The molecule has 0 heterocycles. The summed E-state index contributed by atoms with van der Waals surface area (Å²) in [5.41, 5.74) is 1.56. The molecule has 0 radical (unpaired) electrons. The first-order chi connectivity index (χ1) is 10.7. The van der Waals surface area contributed by atoms with Gasteiger partial charge in [0, 0.05) is 7.11 Å². The SMILES string of the molecule is C=C/C=C(\C=C)C(C#N)C(OC)/C(C=C)=C/C=C.CC.CC. The molecule has 0 aliphatic rings. The fraction of sp³-hybridized carbons (Fsp3) is 0.350. The topological polar surface area (TPSA) is 33.0 Å². The lowest BCUT2D eigenvalue weighted by Gasteiger charge is -2.22. The zero-order chi connectivity index (χ0) is 18.0. The number of allylic oxidation sites excluding steroid dienone is 5. The Kier molecular flexibility index (Phi) is 21.4. The largest absolute Gasteiger partial charge is 0.375 e. The van der Waals surface area contributed by atoms with Crippen molar-refractivity contribution < 1.29 is 4.74 Å². The molecule has 0 aliphatic heterocycles. The van der Waals surface area contributed by atoms with Crippen molar-refractivity contribution in [2.75, 3.05) is 7.11 Å². The molecule has 0 amide bonds. The Morgan fingerprint density at radius 3 is 1.59 bits per heavy atom. The molecule has 0 saturated carbocycles. The summed E-state index contributed by atoms with van der Waals surface area (Å²) in [4.78, 5) is 0. The molecular formula is C20H31NO. The smallest absolute Gasteiger partial charge is 0.102 e. The molecule has 0 spiro atoms.